The van der Waals surface area contributed by atoms with E-state index in [2.05, 4.69) is 10.3 Å². The van der Waals surface area contributed by atoms with Crippen molar-refractivity contribution in [3.05, 3.63) is 11.4 Å². The van der Waals surface area contributed by atoms with Crippen molar-refractivity contribution in [1.29, 1.82) is 0 Å². The van der Waals surface area contributed by atoms with E-state index in [-0.39, 0.29) is 18.3 Å². The number of hydrogen-bond donors (Lipinski definition) is 2. The van der Waals surface area contributed by atoms with Gasteiger partial charge in [0.15, 0.2) is 5.69 Å². The SMILES string of the molecule is NCc1c(C(=O)O)nnn1C1CCOC1. The standard InChI is InChI=1S/C8H12N4O3/c9-3-6-7(8(13)14)10-11-12(6)5-1-2-15-4-5/h5H,1-4,9H2,(H,13,14). The number of carboxylic acid groups (broad SMARTS) is 1. The summed E-state index contributed by atoms with van der Waals surface area (Å²) < 4.78 is 6.77. The van der Waals surface area contributed by atoms with E-state index in [4.69, 9.17) is 15.6 Å². The van der Waals surface area contributed by atoms with Gasteiger partial charge in [0, 0.05) is 13.2 Å². The van der Waals surface area contributed by atoms with E-state index in [1.54, 1.807) is 4.68 Å². The van der Waals surface area contributed by atoms with Crippen LogP contribution < -0.4 is 5.73 Å². The highest BCUT2D eigenvalue weighted by Gasteiger charge is 2.25. The van der Waals surface area contributed by atoms with Crippen molar-refractivity contribution in [3.8, 4) is 0 Å². The van der Waals surface area contributed by atoms with E-state index >= 15 is 0 Å². The van der Waals surface area contributed by atoms with Crippen LogP contribution in [0, 0.1) is 0 Å². The van der Waals surface area contributed by atoms with Crippen LogP contribution >= 0.6 is 0 Å². The fourth-order valence-electron chi connectivity index (χ4n) is 1.68. The van der Waals surface area contributed by atoms with Gasteiger partial charge in [-0.1, -0.05) is 5.21 Å². The van der Waals surface area contributed by atoms with Crippen LogP contribution in [0.25, 0.3) is 0 Å². The molecule has 7 nitrogen and oxygen atoms in total. The minimum absolute atomic E-state index is 0.0594. The highest BCUT2D eigenvalue weighted by atomic mass is 16.5. The molecule has 7 heteroatoms. The van der Waals surface area contributed by atoms with Crippen molar-refractivity contribution in [1.82, 2.24) is 15.0 Å². The maximum Gasteiger partial charge on any atom is 0.358 e. The molecule has 0 saturated carbocycles. The third-order valence-electron chi connectivity index (χ3n) is 2.44. The number of carbonyl (C=O) groups is 1. The number of nitrogens with two attached hydrogens (primary N) is 1. The van der Waals surface area contributed by atoms with Gasteiger partial charge >= 0.3 is 5.97 Å². The average Bonchev–Trinajstić information content (AvgIpc) is 2.85. The molecule has 1 aliphatic rings. The molecular weight excluding hydrogens is 200 g/mol. The second-order valence-electron chi connectivity index (χ2n) is 3.36. The van der Waals surface area contributed by atoms with Gasteiger partial charge in [0.1, 0.15) is 0 Å². The number of aromatic nitrogens is 3. The molecule has 3 N–H and O–H groups in total. The van der Waals surface area contributed by atoms with E-state index in [1.807, 2.05) is 0 Å². The number of aromatic carboxylic acids is 1. The van der Waals surface area contributed by atoms with Gasteiger partial charge in [-0.25, -0.2) is 9.48 Å². The van der Waals surface area contributed by atoms with Crippen LogP contribution in [0.1, 0.15) is 28.6 Å². The van der Waals surface area contributed by atoms with E-state index in [1.165, 1.54) is 0 Å². The zero-order valence-corrected chi connectivity index (χ0v) is 8.09. The summed E-state index contributed by atoms with van der Waals surface area (Å²) in [6.45, 7) is 1.32. The van der Waals surface area contributed by atoms with Crippen molar-refractivity contribution in [3.63, 3.8) is 0 Å². The number of carboxylic acids is 1. The van der Waals surface area contributed by atoms with Crippen LogP contribution in [0.2, 0.25) is 0 Å². The molecule has 82 valence electrons. The monoisotopic (exact) mass is 212 g/mol. The molecule has 1 unspecified atom stereocenters. The van der Waals surface area contributed by atoms with Crippen LogP contribution in [0.3, 0.4) is 0 Å². The number of rotatable bonds is 3. The summed E-state index contributed by atoms with van der Waals surface area (Å²) in [5, 5.41) is 16.3. The Bertz CT molecular complexity index is 370. The molecule has 1 saturated heterocycles. The van der Waals surface area contributed by atoms with Crippen molar-refractivity contribution in [2.24, 2.45) is 5.73 Å². The molecule has 0 aromatic carbocycles. The van der Waals surface area contributed by atoms with Gasteiger partial charge < -0.3 is 15.6 Å². The lowest BCUT2D eigenvalue weighted by Crippen LogP contribution is -2.17. The first-order valence-corrected chi connectivity index (χ1v) is 4.69. The Labute approximate surface area is 85.8 Å². The van der Waals surface area contributed by atoms with Gasteiger partial charge in [0.25, 0.3) is 0 Å². The summed E-state index contributed by atoms with van der Waals surface area (Å²) in [6.07, 6.45) is 0.815. The molecule has 2 heterocycles. The summed E-state index contributed by atoms with van der Waals surface area (Å²) in [4.78, 5) is 10.8. The maximum absolute atomic E-state index is 10.8. The molecule has 0 spiro atoms. The van der Waals surface area contributed by atoms with Gasteiger partial charge in [-0.2, -0.15) is 0 Å². The summed E-state index contributed by atoms with van der Waals surface area (Å²) in [6, 6.07) is 0.0594. The lowest BCUT2D eigenvalue weighted by molar-refractivity contribution is 0.0689. The van der Waals surface area contributed by atoms with E-state index in [9.17, 15) is 4.79 Å². The van der Waals surface area contributed by atoms with Gasteiger partial charge in [-0.05, 0) is 6.42 Å². The zero-order chi connectivity index (χ0) is 10.8. The van der Waals surface area contributed by atoms with Crippen LogP contribution in [-0.4, -0.2) is 39.3 Å². The normalized spacial score (nSPS) is 20.7. The first-order valence-electron chi connectivity index (χ1n) is 4.69. The summed E-state index contributed by atoms with van der Waals surface area (Å²) in [5.41, 5.74) is 5.89. The van der Waals surface area contributed by atoms with E-state index in [0.29, 0.717) is 18.9 Å². The number of ether oxygens (including phenoxy) is 1. The molecule has 1 aromatic rings. The molecule has 1 fully saturated rings. The third kappa shape index (κ3) is 1.71. The molecule has 1 aliphatic heterocycles. The Balaban J connectivity index is 2.34. The van der Waals surface area contributed by atoms with Crippen molar-refractivity contribution in [2.45, 2.75) is 19.0 Å². The van der Waals surface area contributed by atoms with Crippen LogP contribution in [-0.2, 0) is 11.3 Å². The zero-order valence-electron chi connectivity index (χ0n) is 8.09. The van der Waals surface area contributed by atoms with Gasteiger partial charge in [-0.3, -0.25) is 0 Å². The Morgan fingerprint density at radius 1 is 1.73 bits per heavy atom. The lowest BCUT2D eigenvalue weighted by atomic mass is 10.2. The Morgan fingerprint density at radius 2 is 2.53 bits per heavy atom. The molecule has 1 atom stereocenters. The van der Waals surface area contributed by atoms with Gasteiger partial charge in [0.05, 0.1) is 18.3 Å². The minimum Gasteiger partial charge on any atom is -0.476 e. The van der Waals surface area contributed by atoms with E-state index < -0.39 is 5.97 Å². The molecule has 15 heavy (non-hydrogen) atoms. The maximum atomic E-state index is 10.8. The topological polar surface area (TPSA) is 103 Å². The fourth-order valence-corrected chi connectivity index (χ4v) is 1.68. The Morgan fingerprint density at radius 3 is 3.07 bits per heavy atom. The van der Waals surface area contributed by atoms with Crippen molar-refractivity contribution < 1.29 is 14.6 Å². The smallest absolute Gasteiger partial charge is 0.358 e. The predicted molar refractivity (Wildman–Crippen MR) is 49.3 cm³/mol. The van der Waals surface area contributed by atoms with Crippen molar-refractivity contribution >= 4 is 5.97 Å². The lowest BCUT2D eigenvalue weighted by Gasteiger charge is -2.10. The summed E-state index contributed by atoms with van der Waals surface area (Å²) in [7, 11) is 0. The molecular formula is C8H12N4O3. The highest BCUT2D eigenvalue weighted by Crippen LogP contribution is 2.20. The summed E-state index contributed by atoms with van der Waals surface area (Å²) >= 11 is 0. The highest BCUT2D eigenvalue weighted by molar-refractivity contribution is 5.86. The molecule has 0 radical (unpaired) electrons. The fraction of sp³-hybridized carbons (Fsp3) is 0.625. The van der Waals surface area contributed by atoms with Gasteiger partial charge in [-0.15, -0.1) is 5.10 Å². The predicted octanol–water partition coefficient (Wildman–Crippen LogP) is -0.604. The molecule has 0 aliphatic carbocycles. The van der Waals surface area contributed by atoms with Crippen LogP contribution in [0.5, 0.6) is 0 Å². The second-order valence-corrected chi connectivity index (χ2v) is 3.36. The molecule has 0 bridgehead atoms. The third-order valence-corrected chi connectivity index (χ3v) is 2.44. The first-order chi connectivity index (χ1) is 7.24. The Kier molecular flexibility index (Phi) is 2.65. The number of hydrogen-bond acceptors (Lipinski definition) is 5. The first kappa shape index (κ1) is 10.1. The number of nitrogens with zero attached hydrogens (tertiary/aromatic N) is 3. The molecule has 0 amide bonds. The molecule has 2 rings (SSSR count). The quantitative estimate of drug-likeness (QED) is 0.693. The van der Waals surface area contributed by atoms with Crippen molar-refractivity contribution in [2.75, 3.05) is 13.2 Å². The molecule has 1 aromatic heterocycles. The van der Waals surface area contributed by atoms with Crippen LogP contribution in [0.4, 0.5) is 0 Å². The Hall–Kier alpha value is -1.47. The van der Waals surface area contributed by atoms with Gasteiger partial charge in [0.2, 0.25) is 0 Å². The second kappa shape index (κ2) is 3.95. The minimum atomic E-state index is -1.10. The average molecular weight is 212 g/mol. The van der Waals surface area contributed by atoms with Crippen LogP contribution in [0.15, 0.2) is 0 Å². The van der Waals surface area contributed by atoms with E-state index in [0.717, 1.165) is 6.42 Å². The summed E-state index contributed by atoms with van der Waals surface area (Å²) in [5.74, 6) is -1.10. The largest absolute Gasteiger partial charge is 0.476 e.